The van der Waals surface area contributed by atoms with Gasteiger partial charge in [0.15, 0.2) is 0 Å². The van der Waals surface area contributed by atoms with Crippen molar-refractivity contribution in [2.45, 2.75) is 20.0 Å². The minimum absolute atomic E-state index is 0.0477. The maximum Gasteiger partial charge on any atom is 0.404 e. The highest BCUT2D eigenvalue weighted by Crippen LogP contribution is 2.33. The van der Waals surface area contributed by atoms with Gasteiger partial charge >= 0.3 is 6.09 Å². The Balaban J connectivity index is 2.76. The van der Waals surface area contributed by atoms with Crippen LogP contribution in [0.3, 0.4) is 0 Å². The van der Waals surface area contributed by atoms with Crippen molar-refractivity contribution in [2.24, 2.45) is 11.1 Å². The maximum absolute atomic E-state index is 10.6. The fraction of sp³-hybridized carbons (Fsp3) is 0.417. The summed E-state index contributed by atoms with van der Waals surface area (Å²) in [4.78, 5) is 10.6. The molecule has 1 amide bonds. The molecule has 0 aliphatic heterocycles. The van der Waals surface area contributed by atoms with Gasteiger partial charge in [-0.25, -0.2) is 4.79 Å². The summed E-state index contributed by atoms with van der Waals surface area (Å²) < 4.78 is 4.73. The molecule has 1 atom stereocenters. The van der Waals surface area contributed by atoms with E-state index in [2.05, 4.69) is 0 Å². The largest absolute Gasteiger partial charge is 0.449 e. The first kappa shape index (κ1) is 13.8. The number of ether oxygens (including phenoxy) is 1. The number of hydrogen-bond donors (Lipinski definition) is 2. The molecule has 0 spiro atoms. The lowest BCUT2D eigenvalue weighted by atomic mass is 9.83. The SMILES string of the molecule is CC(C)(COC(N)=O)C(O)c1ccc(Cl)cc1. The minimum Gasteiger partial charge on any atom is -0.449 e. The van der Waals surface area contributed by atoms with E-state index < -0.39 is 17.6 Å². The van der Waals surface area contributed by atoms with E-state index in [4.69, 9.17) is 22.1 Å². The van der Waals surface area contributed by atoms with Gasteiger partial charge in [0.2, 0.25) is 0 Å². The molecule has 0 aliphatic rings. The summed E-state index contributed by atoms with van der Waals surface area (Å²) >= 11 is 5.77. The van der Waals surface area contributed by atoms with E-state index in [1.165, 1.54) is 0 Å². The molecule has 1 unspecified atom stereocenters. The number of carbonyl (C=O) groups is 1. The lowest BCUT2D eigenvalue weighted by Crippen LogP contribution is -2.30. The van der Waals surface area contributed by atoms with Gasteiger partial charge in [-0.15, -0.1) is 0 Å². The van der Waals surface area contributed by atoms with E-state index >= 15 is 0 Å². The van der Waals surface area contributed by atoms with E-state index in [0.717, 1.165) is 0 Å². The zero-order valence-electron chi connectivity index (χ0n) is 9.81. The molecule has 94 valence electrons. The van der Waals surface area contributed by atoms with E-state index in [9.17, 15) is 9.90 Å². The van der Waals surface area contributed by atoms with E-state index in [0.29, 0.717) is 10.6 Å². The third-order valence-corrected chi connectivity index (χ3v) is 2.76. The summed E-state index contributed by atoms with van der Waals surface area (Å²) in [7, 11) is 0. The predicted molar refractivity (Wildman–Crippen MR) is 65.7 cm³/mol. The number of aliphatic hydroxyl groups is 1. The van der Waals surface area contributed by atoms with Crippen LogP contribution in [0.1, 0.15) is 25.5 Å². The summed E-state index contributed by atoms with van der Waals surface area (Å²) in [6, 6.07) is 6.87. The summed E-state index contributed by atoms with van der Waals surface area (Å²) in [6.45, 7) is 3.62. The Hall–Kier alpha value is -1.26. The first-order chi connectivity index (χ1) is 7.83. The monoisotopic (exact) mass is 257 g/mol. The number of hydrogen-bond acceptors (Lipinski definition) is 3. The third kappa shape index (κ3) is 3.91. The van der Waals surface area contributed by atoms with Gasteiger partial charge in [0, 0.05) is 10.4 Å². The van der Waals surface area contributed by atoms with Crippen LogP contribution < -0.4 is 5.73 Å². The number of primary amides is 1. The number of aliphatic hydroxyl groups excluding tert-OH is 1. The van der Waals surface area contributed by atoms with Gasteiger partial charge in [0.05, 0.1) is 6.10 Å². The Bertz CT molecular complexity index is 389. The van der Waals surface area contributed by atoms with Crippen LogP contribution in [0.15, 0.2) is 24.3 Å². The molecule has 1 aromatic rings. The molecule has 17 heavy (non-hydrogen) atoms. The van der Waals surface area contributed by atoms with Crippen LogP contribution in [0, 0.1) is 5.41 Å². The van der Waals surface area contributed by atoms with Gasteiger partial charge in [-0.2, -0.15) is 0 Å². The summed E-state index contributed by atoms with van der Waals surface area (Å²) in [5, 5.41) is 10.8. The van der Waals surface area contributed by atoms with Gasteiger partial charge in [0.1, 0.15) is 6.61 Å². The van der Waals surface area contributed by atoms with E-state index in [-0.39, 0.29) is 6.61 Å². The van der Waals surface area contributed by atoms with Gasteiger partial charge in [-0.1, -0.05) is 37.6 Å². The number of benzene rings is 1. The van der Waals surface area contributed by atoms with Crippen molar-refractivity contribution in [1.29, 1.82) is 0 Å². The molecule has 1 rings (SSSR count). The zero-order chi connectivity index (χ0) is 13.1. The molecular formula is C12H16ClNO3. The number of halogens is 1. The second kappa shape index (κ2) is 5.38. The van der Waals surface area contributed by atoms with Gasteiger partial charge in [-0.05, 0) is 17.7 Å². The van der Waals surface area contributed by atoms with Gasteiger partial charge < -0.3 is 15.6 Å². The summed E-state index contributed by atoms with van der Waals surface area (Å²) in [5.41, 5.74) is 4.99. The number of amides is 1. The highest BCUT2D eigenvalue weighted by Gasteiger charge is 2.30. The normalized spacial score (nSPS) is 13.2. The second-order valence-electron chi connectivity index (χ2n) is 4.55. The molecule has 4 nitrogen and oxygen atoms in total. The molecule has 0 heterocycles. The standard InChI is InChI=1S/C12H16ClNO3/c1-12(2,7-17-11(14)16)10(15)8-3-5-9(13)6-4-8/h3-6,10,15H,7H2,1-2H3,(H2,14,16). The Labute approximate surface area is 105 Å². The van der Waals surface area contributed by atoms with Crippen molar-refractivity contribution in [2.75, 3.05) is 6.61 Å². The molecule has 5 heteroatoms. The Kier molecular flexibility index (Phi) is 4.37. The first-order valence-electron chi connectivity index (χ1n) is 5.19. The highest BCUT2D eigenvalue weighted by molar-refractivity contribution is 6.30. The van der Waals surface area contributed by atoms with E-state index in [1.54, 1.807) is 38.1 Å². The van der Waals surface area contributed by atoms with Crippen LogP contribution in [0.2, 0.25) is 5.02 Å². The van der Waals surface area contributed by atoms with E-state index in [1.807, 2.05) is 0 Å². The Morgan fingerprint density at radius 2 is 2.00 bits per heavy atom. The molecule has 3 N–H and O–H groups in total. The smallest absolute Gasteiger partial charge is 0.404 e. The Morgan fingerprint density at radius 3 is 2.47 bits per heavy atom. The predicted octanol–water partition coefficient (Wildman–Crippen LogP) is 2.49. The van der Waals surface area contributed by atoms with Crippen LogP contribution >= 0.6 is 11.6 Å². The lowest BCUT2D eigenvalue weighted by molar-refractivity contribution is 0.000345. The maximum atomic E-state index is 10.6. The number of rotatable bonds is 4. The zero-order valence-corrected chi connectivity index (χ0v) is 10.6. The fourth-order valence-electron chi connectivity index (χ4n) is 1.43. The summed E-state index contributed by atoms with van der Waals surface area (Å²) in [6.07, 6.45) is -1.61. The van der Waals surface area contributed by atoms with Crippen LogP contribution in [-0.2, 0) is 4.74 Å². The van der Waals surface area contributed by atoms with Gasteiger partial charge in [-0.3, -0.25) is 0 Å². The molecule has 0 aliphatic carbocycles. The summed E-state index contributed by atoms with van der Waals surface area (Å²) in [5.74, 6) is 0. The molecule has 0 saturated heterocycles. The van der Waals surface area contributed by atoms with Crippen molar-refractivity contribution in [3.63, 3.8) is 0 Å². The topological polar surface area (TPSA) is 72.5 Å². The molecule has 0 bridgehead atoms. The average molecular weight is 258 g/mol. The Morgan fingerprint density at radius 1 is 1.47 bits per heavy atom. The number of carbonyl (C=O) groups excluding carboxylic acids is 1. The van der Waals surface area contributed by atoms with Crippen LogP contribution in [0.25, 0.3) is 0 Å². The minimum atomic E-state index is -0.846. The molecule has 0 fully saturated rings. The second-order valence-corrected chi connectivity index (χ2v) is 4.99. The molecular weight excluding hydrogens is 242 g/mol. The fourth-order valence-corrected chi connectivity index (χ4v) is 1.56. The molecule has 0 saturated carbocycles. The lowest BCUT2D eigenvalue weighted by Gasteiger charge is -2.29. The highest BCUT2D eigenvalue weighted by atomic mass is 35.5. The first-order valence-corrected chi connectivity index (χ1v) is 5.56. The molecule has 0 aromatic heterocycles. The van der Waals surface area contributed by atoms with Crippen molar-refractivity contribution in [3.05, 3.63) is 34.9 Å². The van der Waals surface area contributed by atoms with Crippen molar-refractivity contribution < 1.29 is 14.6 Å². The van der Waals surface area contributed by atoms with Gasteiger partial charge in [0.25, 0.3) is 0 Å². The van der Waals surface area contributed by atoms with Crippen molar-refractivity contribution >= 4 is 17.7 Å². The number of nitrogens with two attached hydrogens (primary N) is 1. The van der Waals surface area contributed by atoms with Crippen molar-refractivity contribution in [1.82, 2.24) is 0 Å². The van der Waals surface area contributed by atoms with Crippen LogP contribution in [0.5, 0.6) is 0 Å². The average Bonchev–Trinajstić information content (AvgIpc) is 2.27. The molecule has 1 aromatic carbocycles. The third-order valence-electron chi connectivity index (χ3n) is 2.51. The molecule has 0 radical (unpaired) electrons. The van der Waals surface area contributed by atoms with Crippen molar-refractivity contribution in [3.8, 4) is 0 Å². The quantitative estimate of drug-likeness (QED) is 0.870. The van der Waals surface area contributed by atoms with Crippen LogP contribution in [0.4, 0.5) is 4.79 Å². The van der Waals surface area contributed by atoms with Crippen LogP contribution in [-0.4, -0.2) is 17.8 Å².